The number of ether oxygens (including phenoxy) is 1. The largest absolute Gasteiger partial charge is 0.461 e. The van der Waals surface area contributed by atoms with Crippen molar-refractivity contribution >= 4 is 5.97 Å². The van der Waals surface area contributed by atoms with Crippen molar-refractivity contribution in [3.05, 3.63) is 0 Å². The maximum atomic E-state index is 11.0. The molecule has 68 valence electrons. The van der Waals surface area contributed by atoms with Crippen molar-refractivity contribution in [1.29, 1.82) is 0 Å². The number of carbonyl (C=O) groups is 1. The Labute approximate surface area is 72.7 Å². The average molecular weight is 169 g/mol. The third-order valence-electron chi connectivity index (χ3n) is 2.83. The molecule has 2 aliphatic rings. The van der Waals surface area contributed by atoms with Crippen LogP contribution in [-0.2, 0) is 9.53 Å². The molecule has 0 unspecified atom stereocenters. The van der Waals surface area contributed by atoms with Gasteiger partial charge in [0.05, 0.1) is 0 Å². The second-order valence-corrected chi connectivity index (χ2v) is 3.76. The summed E-state index contributed by atoms with van der Waals surface area (Å²) in [5.74, 6) is 0.150. The van der Waals surface area contributed by atoms with Crippen molar-refractivity contribution in [2.45, 2.75) is 25.9 Å². The van der Waals surface area contributed by atoms with Gasteiger partial charge in [0.25, 0.3) is 0 Å². The van der Waals surface area contributed by atoms with Crippen molar-refractivity contribution in [1.82, 2.24) is 4.90 Å². The van der Waals surface area contributed by atoms with Crippen molar-refractivity contribution in [3.8, 4) is 0 Å². The Morgan fingerprint density at radius 1 is 1.50 bits per heavy atom. The highest BCUT2D eigenvalue weighted by molar-refractivity contribution is 5.78. The molecule has 0 radical (unpaired) electrons. The fourth-order valence-corrected chi connectivity index (χ4v) is 1.94. The van der Waals surface area contributed by atoms with Gasteiger partial charge in [0.2, 0.25) is 0 Å². The second kappa shape index (κ2) is 3.05. The topological polar surface area (TPSA) is 29.5 Å². The Morgan fingerprint density at radius 3 is 2.67 bits per heavy atom. The summed E-state index contributed by atoms with van der Waals surface area (Å²) < 4.78 is 4.90. The van der Waals surface area contributed by atoms with Gasteiger partial charge in [-0.15, -0.1) is 0 Å². The number of carbonyl (C=O) groups excluding carboxylic acids is 1. The van der Waals surface area contributed by atoms with E-state index >= 15 is 0 Å². The Kier molecular flexibility index (Phi) is 2.05. The van der Waals surface area contributed by atoms with Crippen molar-refractivity contribution in [2.75, 3.05) is 19.6 Å². The van der Waals surface area contributed by atoms with Crippen LogP contribution in [0.2, 0.25) is 0 Å². The van der Waals surface area contributed by atoms with Gasteiger partial charge in [-0.05, 0) is 32.9 Å². The van der Waals surface area contributed by atoms with E-state index in [9.17, 15) is 4.79 Å². The van der Waals surface area contributed by atoms with Gasteiger partial charge >= 0.3 is 5.97 Å². The Morgan fingerprint density at radius 2 is 2.17 bits per heavy atom. The molecule has 0 N–H and O–H groups in total. The van der Waals surface area contributed by atoms with E-state index in [-0.39, 0.29) is 18.0 Å². The molecule has 0 aromatic carbocycles. The van der Waals surface area contributed by atoms with E-state index in [1.54, 1.807) is 0 Å². The van der Waals surface area contributed by atoms with Crippen LogP contribution in [0.15, 0.2) is 0 Å². The van der Waals surface area contributed by atoms with Crippen molar-refractivity contribution in [3.63, 3.8) is 0 Å². The lowest BCUT2D eigenvalue weighted by atomic mass is 9.98. The van der Waals surface area contributed by atoms with Crippen LogP contribution in [0.4, 0.5) is 0 Å². The monoisotopic (exact) mass is 169 g/mol. The maximum Gasteiger partial charge on any atom is 0.314 e. The van der Waals surface area contributed by atoms with E-state index in [2.05, 4.69) is 4.90 Å². The van der Waals surface area contributed by atoms with Gasteiger partial charge in [-0.2, -0.15) is 0 Å². The number of likely N-dealkylation sites (tertiary alicyclic amines) is 1. The van der Waals surface area contributed by atoms with E-state index in [1.807, 2.05) is 6.92 Å². The number of cyclic esters (lactones) is 1. The predicted molar refractivity (Wildman–Crippen MR) is 44.7 cm³/mol. The first kappa shape index (κ1) is 8.05. The van der Waals surface area contributed by atoms with Crippen LogP contribution in [0.25, 0.3) is 0 Å². The number of hydrogen-bond acceptors (Lipinski definition) is 3. The maximum absolute atomic E-state index is 11.0. The molecular formula is C9H15NO2. The predicted octanol–water partition coefficient (Wildman–Crippen LogP) is 0.644. The molecule has 2 atom stereocenters. The van der Waals surface area contributed by atoms with Crippen LogP contribution in [-0.4, -0.2) is 36.6 Å². The zero-order valence-corrected chi connectivity index (χ0v) is 7.45. The first-order valence-electron chi connectivity index (χ1n) is 4.70. The Hall–Kier alpha value is -0.570. The molecule has 2 saturated heterocycles. The molecule has 2 heterocycles. The van der Waals surface area contributed by atoms with Gasteiger partial charge < -0.3 is 9.64 Å². The van der Waals surface area contributed by atoms with E-state index in [1.165, 1.54) is 12.8 Å². The molecule has 0 bridgehead atoms. The minimum atomic E-state index is -0.00519. The van der Waals surface area contributed by atoms with Crippen molar-refractivity contribution in [2.24, 2.45) is 5.92 Å². The molecule has 0 amide bonds. The molecule has 2 rings (SSSR count). The normalized spacial score (nSPS) is 36.2. The minimum absolute atomic E-state index is 0.00519. The smallest absolute Gasteiger partial charge is 0.314 e. The summed E-state index contributed by atoms with van der Waals surface area (Å²) in [6.07, 6.45) is 2.73. The summed E-state index contributed by atoms with van der Waals surface area (Å²) in [5, 5.41) is 0. The molecule has 12 heavy (non-hydrogen) atoms. The van der Waals surface area contributed by atoms with Crippen LogP contribution in [0.5, 0.6) is 0 Å². The summed E-state index contributed by atoms with van der Waals surface area (Å²) in [4.78, 5) is 13.3. The SMILES string of the molecule is C[C@@H]1OC(=O)[C@H]1CN1CCCC1. The van der Waals surface area contributed by atoms with Crippen molar-refractivity contribution < 1.29 is 9.53 Å². The molecule has 2 fully saturated rings. The first-order chi connectivity index (χ1) is 5.77. The highest BCUT2D eigenvalue weighted by Crippen LogP contribution is 2.24. The summed E-state index contributed by atoms with van der Waals surface area (Å²) in [6, 6.07) is 0. The second-order valence-electron chi connectivity index (χ2n) is 3.76. The van der Waals surface area contributed by atoms with Gasteiger partial charge in [-0.25, -0.2) is 0 Å². The molecule has 3 nitrogen and oxygen atoms in total. The summed E-state index contributed by atoms with van der Waals surface area (Å²) in [5.41, 5.74) is 0. The van der Waals surface area contributed by atoms with Gasteiger partial charge in [0, 0.05) is 6.54 Å². The number of nitrogens with zero attached hydrogens (tertiary/aromatic N) is 1. The van der Waals surface area contributed by atoms with Gasteiger partial charge in [-0.1, -0.05) is 0 Å². The Balaban J connectivity index is 1.81. The summed E-state index contributed by atoms with van der Waals surface area (Å²) >= 11 is 0. The molecule has 0 aromatic rings. The van der Waals surface area contributed by atoms with Crippen LogP contribution in [0, 0.1) is 5.92 Å². The highest BCUT2D eigenvalue weighted by Gasteiger charge is 2.40. The lowest BCUT2D eigenvalue weighted by Crippen LogP contribution is -2.49. The number of esters is 1. The molecule has 0 aromatic heterocycles. The number of hydrogen-bond donors (Lipinski definition) is 0. The lowest BCUT2D eigenvalue weighted by Gasteiger charge is -2.34. The third-order valence-corrected chi connectivity index (χ3v) is 2.83. The van der Waals surface area contributed by atoms with Crippen LogP contribution >= 0.6 is 0 Å². The van der Waals surface area contributed by atoms with E-state index in [0.29, 0.717) is 0 Å². The summed E-state index contributed by atoms with van der Waals surface area (Å²) in [6.45, 7) is 5.22. The van der Waals surface area contributed by atoms with Gasteiger partial charge in [0.15, 0.2) is 0 Å². The fraction of sp³-hybridized carbons (Fsp3) is 0.889. The lowest BCUT2D eigenvalue weighted by molar-refractivity contribution is -0.183. The zero-order valence-electron chi connectivity index (χ0n) is 7.45. The summed E-state index contributed by atoms with van der Waals surface area (Å²) in [7, 11) is 0. The fourth-order valence-electron chi connectivity index (χ4n) is 1.94. The average Bonchev–Trinajstić information content (AvgIpc) is 2.52. The molecule has 0 saturated carbocycles. The van der Waals surface area contributed by atoms with E-state index in [0.717, 1.165) is 19.6 Å². The molecule has 0 spiro atoms. The first-order valence-corrected chi connectivity index (χ1v) is 4.70. The van der Waals surface area contributed by atoms with E-state index in [4.69, 9.17) is 4.74 Å². The quantitative estimate of drug-likeness (QED) is 0.568. The zero-order chi connectivity index (χ0) is 8.55. The minimum Gasteiger partial charge on any atom is -0.461 e. The van der Waals surface area contributed by atoms with Crippen LogP contribution in [0.3, 0.4) is 0 Å². The van der Waals surface area contributed by atoms with Crippen LogP contribution < -0.4 is 0 Å². The molecule has 3 heteroatoms. The van der Waals surface area contributed by atoms with Crippen LogP contribution in [0.1, 0.15) is 19.8 Å². The molecule has 0 aliphatic carbocycles. The third kappa shape index (κ3) is 1.33. The highest BCUT2D eigenvalue weighted by atomic mass is 16.6. The van der Waals surface area contributed by atoms with Gasteiger partial charge in [-0.3, -0.25) is 4.79 Å². The standard InChI is InChI=1S/C9H15NO2/c1-7-8(9(11)12-7)6-10-4-2-3-5-10/h7-8H,2-6H2,1H3/t7-,8-/m0/s1. The van der Waals surface area contributed by atoms with E-state index < -0.39 is 0 Å². The number of rotatable bonds is 2. The molecular weight excluding hydrogens is 154 g/mol. The molecule has 2 aliphatic heterocycles. The Bertz CT molecular complexity index is 187. The van der Waals surface area contributed by atoms with Gasteiger partial charge in [0.1, 0.15) is 12.0 Å².